The first-order chi connectivity index (χ1) is 9.95. The highest BCUT2D eigenvalue weighted by Gasteiger charge is 2.25. The number of fused-ring (bicyclic) bond motifs is 1. The molecule has 0 saturated carbocycles. The topological polar surface area (TPSA) is 64.4 Å². The summed E-state index contributed by atoms with van der Waals surface area (Å²) in [5, 5.41) is 13.5. The number of aryl methyl sites for hydroxylation is 2. The fourth-order valence-electron chi connectivity index (χ4n) is 2.93. The lowest BCUT2D eigenvalue weighted by atomic mass is 10.1. The molecule has 0 saturated heterocycles. The molecule has 0 radical (unpaired) electrons. The van der Waals surface area contributed by atoms with Crippen LogP contribution in [0.15, 0.2) is 18.2 Å². The molecule has 110 valence electrons. The molecule has 5 heteroatoms. The smallest absolute Gasteiger partial charge is 0.339 e. The van der Waals surface area contributed by atoms with E-state index in [9.17, 15) is 9.90 Å². The first-order valence-corrected chi connectivity index (χ1v) is 6.99. The van der Waals surface area contributed by atoms with Crippen molar-refractivity contribution in [3.8, 4) is 5.75 Å². The zero-order chi connectivity index (χ0) is 15.1. The fourth-order valence-corrected chi connectivity index (χ4v) is 2.93. The lowest BCUT2D eigenvalue weighted by molar-refractivity contribution is 0.0695. The number of carboxylic acids is 1. The molecule has 1 atom stereocenters. The third-order valence-corrected chi connectivity index (χ3v) is 3.93. The lowest BCUT2D eigenvalue weighted by Gasteiger charge is -2.12. The van der Waals surface area contributed by atoms with Crippen LogP contribution in [0.3, 0.4) is 0 Å². The van der Waals surface area contributed by atoms with Crippen LogP contribution in [0, 0.1) is 20.8 Å². The second-order valence-corrected chi connectivity index (χ2v) is 5.59. The minimum Gasteiger partial charge on any atom is -0.488 e. The Morgan fingerprint density at radius 2 is 2.19 bits per heavy atom. The van der Waals surface area contributed by atoms with Crippen molar-refractivity contribution in [2.45, 2.75) is 39.8 Å². The Bertz CT molecular complexity index is 719. The van der Waals surface area contributed by atoms with Crippen LogP contribution >= 0.6 is 0 Å². The summed E-state index contributed by atoms with van der Waals surface area (Å²) in [6.45, 7) is 6.14. The zero-order valence-corrected chi connectivity index (χ0v) is 12.4. The maximum atomic E-state index is 11.2. The third kappa shape index (κ3) is 2.39. The molecule has 0 spiro atoms. The van der Waals surface area contributed by atoms with Gasteiger partial charge >= 0.3 is 5.97 Å². The predicted molar refractivity (Wildman–Crippen MR) is 78.0 cm³/mol. The molecule has 1 N–H and O–H groups in total. The second-order valence-electron chi connectivity index (χ2n) is 5.59. The quantitative estimate of drug-likeness (QED) is 0.941. The molecule has 21 heavy (non-hydrogen) atoms. The van der Waals surface area contributed by atoms with Gasteiger partial charge in [0.05, 0.1) is 17.9 Å². The highest BCUT2D eigenvalue weighted by molar-refractivity contribution is 5.90. The van der Waals surface area contributed by atoms with E-state index in [1.807, 2.05) is 12.1 Å². The van der Waals surface area contributed by atoms with Crippen LogP contribution in [-0.4, -0.2) is 27.0 Å². The summed E-state index contributed by atoms with van der Waals surface area (Å²) in [5.41, 5.74) is 3.95. The molecule has 0 bridgehead atoms. The van der Waals surface area contributed by atoms with Gasteiger partial charge < -0.3 is 9.84 Å². The summed E-state index contributed by atoms with van der Waals surface area (Å²) < 4.78 is 7.66. The summed E-state index contributed by atoms with van der Waals surface area (Å²) in [7, 11) is 0. The largest absolute Gasteiger partial charge is 0.488 e. The van der Waals surface area contributed by atoms with E-state index in [-0.39, 0.29) is 6.10 Å². The molecule has 1 aliphatic rings. The number of ether oxygens (including phenoxy) is 1. The Morgan fingerprint density at radius 3 is 2.86 bits per heavy atom. The molecule has 2 heterocycles. The maximum Gasteiger partial charge on any atom is 0.339 e. The van der Waals surface area contributed by atoms with E-state index in [2.05, 4.69) is 18.1 Å². The molecule has 2 aromatic rings. The van der Waals surface area contributed by atoms with Gasteiger partial charge in [-0.3, -0.25) is 4.68 Å². The summed E-state index contributed by atoms with van der Waals surface area (Å²) in [6, 6.07) is 6.17. The van der Waals surface area contributed by atoms with Gasteiger partial charge in [0.2, 0.25) is 0 Å². The monoisotopic (exact) mass is 286 g/mol. The van der Waals surface area contributed by atoms with Crippen molar-refractivity contribution < 1.29 is 14.6 Å². The lowest BCUT2D eigenvalue weighted by Crippen LogP contribution is -2.22. The van der Waals surface area contributed by atoms with Crippen molar-refractivity contribution in [2.75, 3.05) is 0 Å². The van der Waals surface area contributed by atoms with Crippen molar-refractivity contribution in [3.05, 3.63) is 46.3 Å². The number of carbonyl (C=O) groups is 1. The fraction of sp³-hybridized carbons (Fsp3) is 0.375. The standard InChI is InChI=1S/C16H18N2O3/c1-9-4-5-14-12(6-9)7-13(21-14)8-18-11(3)15(16(19)20)10(2)17-18/h4-6,13H,7-8H2,1-3H3,(H,19,20). The molecule has 1 aromatic heterocycles. The molecule has 0 fully saturated rings. The Kier molecular flexibility index (Phi) is 3.20. The van der Waals surface area contributed by atoms with Crippen molar-refractivity contribution in [1.82, 2.24) is 9.78 Å². The number of benzene rings is 1. The van der Waals surface area contributed by atoms with E-state index in [1.54, 1.807) is 18.5 Å². The molecule has 0 amide bonds. The third-order valence-electron chi connectivity index (χ3n) is 3.93. The van der Waals surface area contributed by atoms with Crippen LogP contribution in [0.4, 0.5) is 0 Å². The molecule has 5 nitrogen and oxygen atoms in total. The first-order valence-electron chi connectivity index (χ1n) is 6.99. The van der Waals surface area contributed by atoms with Crippen LogP contribution in [0.1, 0.15) is 32.9 Å². The van der Waals surface area contributed by atoms with Gasteiger partial charge in [-0.25, -0.2) is 4.79 Å². The van der Waals surface area contributed by atoms with Gasteiger partial charge in [-0.05, 0) is 32.4 Å². The molecular weight excluding hydrogens is 268 g/mol. The van der Waals surface area contributed by atoms with Gasteiger partial charge in [-0.15, -0.1) is 0 Å². The molecular formula is C16H18N2O3. The Hall–Kier alpha value is -2.30. The number of hydrogen-bond donors (Lipinski definition) is 1. The average Bonchev–Trinajstić information content (AvgIpc) is 2.90. The summed E-state index contributed by atoms with van der Waals surface area (Å²) in [6.07, 6.45) is 0.832. The van der Waals surface area contributed by atoms with E-state index >= 15 is 0 Å². The normalized spacial score (nSPS) is 16.6. The molecule has 0 aliphatic carbocycles. The van der Waals surface area contributed by atoms with Gasteiger partial charge in [0.1, 0.15) is 17.4 Å². The van der Waals surface area contributed by atoms with Gasteiger partial charge in [0.15, 0.2) is 0 Å². The Balaban J connectivity index is 1.81. The Morgan fingerprint density at radius 1 is 1.43 bits per heavy atom. The van der Waals surface area contributed by atoms with Gasteiger partial charge in [-0.1, -0.05) is 17.7 Å². The minimum atomic E-state index is -0.928. The van der Waals surface area contributed by atoms with Crippen LogP contribution < -0.4 is 4.74 Å². The molecule has 1 aromatic carbocycles. The summed E-state index contributed by atoms with van der Waals surface area (Å²) >= 11 is 0. The van der Waals surface area contributed by atoms with Crippen LogP contribution in [0.5, 0.6) is 5.75 Å². The van der Waals surface area contributed by atoms with Gasteiger partial charge in [0.25, 0.3) is 0 Å². The van der Waals surface area contributed by atoms with E-state index in [4.69, 9.17) is 4.74 Å². The van der Waals surface area contributed by atoms with E-state index in [1.165, 1.54) is 11.1 Å². The van der Waals surface area contributed by atoms with E-state index in [0.717, 1.165) is 12.2 Å². The summed E-state index contributed by atoms with van der Waals surface area (Å²) in [4.78, 5) is 11.2. The first kappa shape index (κ1) is 13.7. The van der Waals surface area contributed by atoms with Crippen molar-refractivity contribution in [2.24, 2.45) is 0 Å². The SMILES string of the molecule is Cc1ccc2c(c1)CC(Cn1nc(C)c(C(=O)O)c1C)O2. The van der Waals surface area contributed by atoms with Crippen molar-refractivity contribution in [1.29, 1.82) is 0 Å². The highest BCUT2D eigenvalue weighted by Crippen LogP contribution is 2.30. The van der Waals surface area contributed by atoms with Gasteiger partial charge in [-0.2, -0.15) is 5.10 Å². The molecule has 3 rings (SSSR count). The zero-order valence-electron chi connectivity index (χ0n) is 12.4. The molecule has 1 aliphatic heterocycles. The number of rotatable bonds is 3. The van der Waals surface area contributed by atoms with E-state index in [0.29, 0.717) is 23.5 Å². The number of aromatic nitrogens is 2. The van der Waals surface area contributed by atoms with Crippen LogP contribution in [0.2, 0.25) is 0 Å². The van der Waals surface area contributed by atoms with Crippen molar-refractivity contribution >= 4 is 5.97 Å². The number of nitrogens with zero attached hydrogens (tertiary/aromatic N) is 2. The second kappa shape index (κ2) is 4.91. The van der Waals surface area contributed by atoms with Crippen LogP contribution in [-0.2, 0) is 13.0 Å². The molecule has 1 unspecified atom stereocenters. The Labute approximate surface area is 123 Å². The number of hydrogen-bond acceptors (Lipinski definition) is 3. The van der Waals surface area contributed by atoms with Crippen LogP contribution in [0.25, 0.3) is 0 Å². The maximum absolute atomic E-state index is 11.2. The highest BCUT2D eigenvalue weighted by atomic mass is 16.5. The van der Waals surface area contributed by atoms with Gasteiger partial charge in [0, 0.05) is 6.42 Å². The predicted octanol–water partition coefficient (Wildman–Crippen LogP) is 2.51. The number of carboxylic acid groups (broad SMARTS) is 1. The number of aromatic carboxylic acids is 1. The average molecular weight is 286 g/mol. The minimum absolute atomic E-state index is 0.00134. The van der Waals surface area contributed by atoms with E-state index < -0.39 is 5.97 Å². The summed E-state index contributed by atoms with van der Waals surface area (Å²) in [5.74, 6) is -0.00640. The van der Waals surface area contributed by atoms with Crippen molar-refractivity contribution in [3.63, 3.8) is 0 Å².